The highest BCUT2D eigenvalue weighted by Gasteiger charge is 2.36. The van der Waals surface area contributed by atoms with Gasteiger partial charge in [0.05, 0.1) is 3.57 Å². The molecule has 1 aromatic rings. The molecule has 1 aliphatic heterocycles. The number of rotatable bonds is 3. The number of carbonyl (C=O) groups excluding carboxylic acids is 1. The zero-order valence-electron chi connectivity index (χ0n) is 11.8. The van der Waals surface area contributed by atoms with Crippen LogP contribution in [-0.2, 0) is 4.79 Å². The molecule has 0 aromatic heterocycles. The van der Waals surface area contributed by atoms with Crippen molar-refractivity contribution < 1.29 is 19.8 Å². The predicted molar refractivity (Wildman–Crippen MR) is 86.3 cm³/mol. The number of piperidine rings is 1. The van der Waals surface area contributed by atoms with Crippen molar-refractivity contribution in [3.05, 3.63) is 27.3 Å². The summed E-state index contributed by atoms with van der Waals surface area (Å²) in [6.45, 7) is 2.49. The minimum absolute atomic E-state index is 0.0387. The highest BCUT2D eigenvalue weighted by Crippen LogP contribution is 2.28. The van der Waals surface area contributed by atoms with Gasteiger partial charge in [0.15, 0.2) is 0 Å². The van der Waals surface area contributed by atoms with Gasteiger partial charge in [0, 0.05) is 12.1 Å². The smallest absolute Gasteiger partial charge is 0.326 e. The summed E-state index contributed by atoms with van der Waals surface area (Å²) >= 11 is 1.97. The lowest BCUT2D eigenvalue weighted by Gasteiger charge is -2.37. The third-order valence-electron chi connectivity index (χ3n) is 4.03. The number of phenolic OH excluding ortho intramolecular Hbond substituents is 1. The van der Waals surface area contributed by atoms with Gasteiger partial charge in [-0.2, -0.15) is 0 Å². The summed E-state index contributed by atoms with van der Waals surface area (Å²) in [7, 11) is 0. The van der Waals surface area contributed by atoms with Crippen LogP contribution in [0.2, 0.25) is 0 Å². The van der Waals surface area contributed by atoms with Gasteiger partial charge in [-0.15, -0.1) is 0 Å². The highest BCUT2D eigenvalue weighted by molar-refractivity contribution is 14.1. The molecule has 5 nitrogen and oxygen atoms in total. The molecule has 1 aromatic carbocycles. The molecule has 1 fully saturated rings. The summed E-state index contributed by atoms with van der Waals surface area (Å²) in [5.74, 6) is -0.906. The Hall–Kier alpha value is -1.31. The van der Waals surface area contributed by atoms with Crippen LogP contribution in [0.15, 0.2) is 18.2 Å². The van der Waals surface area contributed by atoms with Gasteiger partial charge in [0.2, 0.25) is 0 Å². The number of benzene rings is 1. The van der Waals surface area contributed by atoms with Crippen molar-refractivity contribution in [2.75, 3.05) is 6.54 Å². The second-order valence-corrected chi connectivity index (χ2v) is 6.48. The molecule has 0 radical (unpaired) electrons. The molecule has 1 aliphatic rings. The number of nitrogens with zero attached hydrogens (tertiary/aromatic N) is 1. The van der Waals surface area contributed by atoms with E-state index in [1.807, 2.05) is 29.5 Å². The maximum Gasteiger partial charge on any atom is 0.326 e. The fourth-order valence-electron chi connectivity index (χ4n) is 2.70. The summed E-state index contributed by atoms with van der Waals surface area (Å²) < 4.78 is 0.656. The van der Waals surface area contributed by atoms with Gasteiger partial charge in [-0.25, -0.2) is 4.79 Å². The fraction of sp³-hybridized carbons (Fsp3) is 0.467. The van der Waals surface area contributed by atoms with Crippen LogP contribution in [0.1, 0.15) is 36.5 Å². The second kappa shape index (κ2) is 6.64. The van der Waals surface area contributed by atoms with Crippen LogP contribution in [0.4, 0.5) is 0 Å². The summed E-state index contributed by atoms with van der Waals surface area (Å²) in [5.41, 5.74) is 0.328. The molecule has 2 N–H and O–H groups in total. The quantitative estimate of drug-likeness (QED) is 0.761. The Morgan fingerprint density at radius 3 is 2.71 bits per heavy atom. The number of aromatic hydroxyl groups is 1. The van der Waals surface area contributed by atoms with Crippen molar-refractivity contribution in [1.82, 2.24) is 4.90 Å². The number of hydrogen-bond donors (Lipinski definition) is 2. The summed E-state index contributed by atoms with van der Waals surface area (Å²) in [6.07, 6.45) is 2.24. The van der Waals surface area contributed by atoms with E-state index < -0.39 is 12.0 Å². The van der Waals surface area contributed by atoms with Gasteiger partial charge < -0.3 is 15.1 Å². The van der Waals surface area contributed by atoms with E-state index in [1.165, 1.54) is 11.0 Å². The maximum absolute atomic E-state index is 12.5. The predicted octanol–water partition coefficient (Wildman–Crippen LogP) is 2.71. The van der Waals surface area contributed by atoms with E-state index >= 15 is 0 Å². The molecule has 0 bridgehead atoms. The number of halogens is 1. The van der Waals surface area contributed by atoms with E-state index in [4.69, 9.17) is 0 Å². The number of amides is 1. The van der Waals surface area contributed by atoms with E-state index in [-0.39, 0.29) is 11.7 Å². The van der Waals surface area contributed by atoms with Crippen molar-refractivity contribution in [2.24, 2.45) is 5.92 Å². The summed E-state index contributed by atoms with van der Waals surface area (Å²) in [6, 6.07) is 3.89. The third-order valence-corrected chi connectivity index (χ3v) is 4.94. The molecule has 0 saturated carbocycles. The number of phenols is 1. The van der Waals surface area contributed by atoms with Crippen molar-refractivity contribution in [3.8, 4) is 5.75 Å². The first-order valence-electron chi connectivity index (χ1n) is 6.96. The lowest BCUT2D eigenvalue weighted by Crippen LogP contribution is -2.50. The minimum Gasteiger partial charge on any atom is -0.507 e. The van der Waals surface area contributed by atoms with Crippen LogP contribution in [0, 0.1) is 9.49 Å². The summed E-state index contributed by atoms with van der Waals surface area (Å²) in [5, 5.41) is 19.1. The van der Waals surface area contributed by atoms with Crippen molar-refractivity contribution in [3.63, 3.8) is 0 Å². The Kier molecular flexibility index (Phi) is 5.08. The standard InChI is InChI=1S/C15H18INO4/c1-2-9-5-6-17(12(7-9)15(20)21)14(19)10-3-4-11(16)13(18)8-10/h3-4,8-9,12,18H,2,5-7H2,1H3,(H,20,21). The third kappa shape index (κ3) is 3.48. The van der Waals surface area contributed by atoms with E-state index in [0.29, 0.717) is 28.0 Å². The average molecular weight is 403 g/mol. The van der Waals surface area contributed by atoms with Crippen LogP contribution in [0.25, 0.3) is 0 Å². The first kappa shape index (κ1) is 16.1. The van der Waals surface area contributed by atoms with Gasteiger partial charge in [-0.05, 0) is 59.5 Å². The minimum atomic E-state index is -0.962. The molecule has 0 aliphatic carbocycles. The van der Waals surface area contributed by atoms with E-state index in [9.17, 15) is 19.8 Å². The van der Waals surface area contributed by atoms with Crippen LogP contribution < -0.4 is 0 Å². The molecule has 6 heteroatoms. The van der Waals surface area contributed by atoms with Gasteiger partial charge in [0.1, 0.15) is 11.8 Å². The summed E-state index contributed by atoms with van der Waals surface area (Å²) in [4.78, 5) is 25.4. The molecule has 1 heterocycles. The van der Waals surface area contributed by atoms with Gasteiger partial charge in [-0.1, -0.05) is 13.3 Å². The normalized spacial score (nSPS) is 22.1. The molecule has 2 rings (SSSR count). The van der Waals surface area contributed by atoms with Gasteiger partial charge >= 0.3 is 5.97 Å². The number of carbonyl (C=O) groups is 2. The highest BCUT2D eigenvalue weighted by atomic mass is 127. The Labute approximate surface area is 137 Å². The number of likely N-dealkylation sites (tertiary alicyclic amines) is 1. The van der Waals surface area contributed by atoms with Crippen LogP contribution in [0.3, 0.4) is 0 Å². The SMILES string of the molecule is CCC1CCN(C(=O)c2ccc(I)c(O)c2)C(C(=O)O)C1. The Bertz CT molecular complexity index is 561. The Morgan fingerprint density at radius 1 is 1.43 bits per heavy atom. The number of carboxylic acid groups (broad SMARTS) is 1. The molecular formula is C15H18INO4. The maximum atomic E-state index is 12.5. The number of aliphatic carboxylic acids is 1. The van der Waals surface area contributed by atoms with E-state index in [2.05, 4.69) is 0 Å². The Morgan fingerprint density at radius 2 is 2.14 bits per heavy atom. The first-order chi connectivity index (χ1) is 9.93. The second-order valence-electron chi connectivity index (χ2n) is 5.32. The fourth-order valence-corrected chi connectivity index (χ4v) is 3.03. The van der Waals surface area contributed by atoms with Crippen molar-refractivity contribution in [2.45, 2.75) is 32.2 Å². The van der Waals surface area contributed by atoms with E-state index in [0.717, 1.165) is 12.8 Å². The van der Waals surface area contributed by atoms with Crippen LogP contribution in [-0.4, -0.2) is 39.6 Å². The largest absolute Gasteiger partial charge is 0.507 e. The molecule has 1 amide bonds. The van der Waals surface area contributed by atoms with E-state index in [1.54, 1.807) is 12.1 Å². The molecule has 1 saturated heterocycles. The lowest BCUT2D eigenvalue weighted by molar-refractivity contribution is -0.144. The monoisotopic (exact) mass is 403 g/mol. The zero-order valence-corrected chi connectivity index (χ0v) is 13.9. The zero-order chi connectivity index (χ0) is 15.6. The average Bonchev–Trinajstić information content (AvgIpc) is 2.48. The van der Waals surface area contributed by atoms with Crippen LogP contribution in [0.5, 0.6) is 5.75 Å². The Balaban J connectivity index is 2.24. The molecule has 2 unspecified atom stereocenters. The van der Waals surface area contributed by atoms with Gasteiger partial charge in [-0.3, -0.25) is 4.79 Å². The molecule has 21 heavy (non-hydrogen) atoms. The first-order valence-corrected chi connectivity index (χ1v) is 8.04. The number of carboxylic acids is 1. The molecule has 0 spiro atoms. The van der Waals surface area contributed by atoms with Crippen molar-refractivity contribution >= 4 is 34.5 Å². The molecular weight excluding hydrogens is 385 g/mol. The topological polar surface area (TPSA) is 77.8 Å². The number of hydrogen-bond acceptors (Lipinski definition) is 3. The molecule has 114 valence electrons. The lowest BCUT2D eigenvalue weighted by atomic mass is 9.88. The van der Waals surface area contributed by atoms with Gasteiger partial charge in [0.25, 0.3) is 5.91 Å². The van der Waals surface area contributed by atoms with Crippen LogP contribution >= 0.6 is 22.6 Å². The molecule has 2 atom stereocenters. The van der Waals surface area contributed by atoms with Crippen molar-refractivity contribution in [1.29, 1.82) is 0 Å².